The Balaban J connectivity index is 0.000000878. The molecular formula is C20H27N5O3. The van der Waals surface area contributed by atoms with Crippen LogP contribution in [0, 0.1) is 5.92 Å². The summed E-state index contributed by atoms with van der Waals surface area (Å²) in [7, 11) is 0. The van der Waals surface area contributed by atoms with Crippen LogP contribution in [0.5, 0.6) is 5.75 Å². The van der Waals surface area contributed by atoms with Crippen LogP contribution in [0.25, 0.3) is 22.6 Å². The summed E-state index contributed by atoms with van der Waals surface area (Å²) in [5, 5.41) is 14.0. The molecular weight excluding hydrogens is 358 g/mol. The molecule has 1 aromatic carbocycles. The third-order valence-corrected chi connectivity index (χ3v) is 3.80. The van der Waals surface area contributed by atoms with E-state index in [1.807, 2.05) is 19.1 Å². The van der Waals surface area contributed by atoms with E-state index in [1.54, 1.807) is 6.08 Å². The summed E-state index contributed by atoms with van der Waals surface area (Å²) < 4.78 is 11.8. The van der Waals surface area contributed by atoms with Crippen molar-refractivity contribution in [3.63, 3.8) is 0 Å². The summed E-state index contributed by atoms with van der Waals surface area (Å²) in [6.45, 7) is 11.2. The van der Waals surface area contributed by atoms with Gasteiger partial charge in [-0.05, 0) is 42.1 Å². The summed E-state index contributed by atoms with van der Waals surface area (Å²) in [4.78, 5) is 12.7. The van der Waals surface area contributed by atoms with Crippen molar-refractivity contribution in [1.82, 2.24) is 20.6 Å². The summed E-state index contributed by atoms with van der Waals surface area (Å²) in [5.41, 5.74) is 5.96. The fourth-order valence-electron chi connectivity index (χ4n) is 2.51. The van der Waals surface area contributed by atoms with Gasteiger partial charge in [-0.2, -0.15) is 5.21 Å². The Hall–Kier alpha value is -3.00. The van der Waals surface area contributed by atoms with E-state index in [1.165, 1.54) is 6.07 Å². The van der Waals surface area contributed by atoms with Crippen LogP contribution < -0.4 is 15.9 Å². The van der Waals surface area contributed by atoms with Gasteiger partial charge in [0.25, 0.3) is 0 Å². The molecule has 28 heavy (non-hydrogen) atoms. The molecule has 0 saturated heterocycles. The number of nitrogens with one attached hydrogen (secondary N) is 1. The Morgan fingerprint density at radius 2 is 2.14 bits per heavy atom. The van der Waals surface area contributed by atoms with E-state index in [0.29, 0.717) is 35.7 Å². The summed E-state index contributed by atoms with van der Waals surface area (Å²) >= 11 is 0. The highest BCUT2D eigenvalue weighted by atomic mass is 16.5. The molecule has 0 saturated carbocycles. The van der Waals surface area contributed by atoms with Crippen LogP contribution >= 0.6 is 0 Å². The minimum absolute atomic E-state index is 0.202. The van der Waals surface area contributed by atoms with Gasteiger partial charge in [-0.3, -0.25) is 4.79 Å². The molecule has 3 rings (SSSR count). The number of rotatable bonds is 7. The first kappa shape index (κ1) is 21.3. The van der Waals surface area contributed by atoms with Crippen LogP contribution in [0.4, 0.5) is 0 Å². The number of aromatic amines is 1. The Morgan fingerprint density at radius 1 is 1.39 bits per heavy atom. The lowest BCUT2D eigenvalue weighted by Crippen LogP contribution is -2.08. The van der Waals surface area contributed by atoms with Gasteiger partial charge in [0.1, 0.15) is 16.7 Å². The molecule has 0 radical (unpaired) electrons. The average molecular weight is 385 g/mol. The highest BCUT2D eigenvalue weighted by Crippen LogP contribution is 2.29. The van der Waals surface area contributed by atoms with Crippen LogP contribution in [0.15, 0.2) is 40.1 Å². The maximum absolute atomic E-state index is 12.7. The van der Waals surface area contributed by atoms with E-state index in [0.717, 1.165) is 18.5 Å². The predicted octanol–water partition coefficient (Wildman–Crippen LogP) is 3.09. The van der Waals surface area contributed by atoms with Crippen molar-refractivity contribution < 1.29 is 9.15 Å². The monoisotopic (exact) mass is 385 g/mol. The van der Waals surface area contributed by atoms with Gasteiger partial charge in [0.15, 0.2) is 11.2 Å². The lowest BCUT2D eigenvalue weighted by atomic mass is 10.1. The number of aromatic nitrogens is 4. The van der Waals surface area contributed by atoms with Crippen molar-refractivity contribution in [1.29, 1.82) is 0 Å². The molecule has 0 aliphatic rings. The Bertz CT molecular complexity index is 948. The van der Waals surface area contributed by atoms with E-state index in [4.69, 9.17) is 14.9 Å². The number of hydrogen-bond acceptors (Lipinski definition) is 7. The molecule has 8 heteroatoms. The number of hydrogen-bond donors (Lipinski definition) is 2. The Morgan fingerprint density at radius 3 is 2.75 bits per heavy atom. The van der Waals surface area contributed by atoms with Crippen molar-refractivity contribution in [2.75, 3.05) is 13.2 Å². The molecule has 0 atom stereocenters. The van der Waals surface area contributed by atoms with E-state index >= 15 is 0 Å². The molecule has 150 valence electrons. The quantitative estimate of drug-likeness (QED) is 0.600. The first-order chi connectivity index (χ1) is 13.5. The number of fused-ring (bicyclic) bond motifs is 1. The molecule has 0 bridgehead atoms. The van der Waals surface area contributed by atoms with Crippen LogP contribution in [0.2, 0.25) is 0 Å². The number of nitrogens with zero attached hydrogens (tertiary/aromatic N) is 3. The maximum atomic E-state index is 12.7. The van der Waals surface area contributed by atoms with Crippen LogP contribution in [-0.4, -0.2) is 33.8 Å². The molecule has 0 aliphatic carbocycles. The van der Waals surface area contributed by atoms with E-state index in [2.05, 4.69) is 41.1 Å². The van der Waals surface area contributed by atoms with Crippen molar-refractivity contribution in [3.8, 4) is 17.3 Å². The van der Waals surface area contributed by atoms with Gasteiger partial charge in [0, 0.05) is 6.07 Å². The molecule has 3 aromatic rings. The molecule has 8 nitrogen and oxygen atoms in total. The van der Waals surface area contributed by atoms with E-state index < -0.39 is 0 Å². The smallest absolute Gasteiger partial charge is 0.239 e. The molecule has 0 spiro atoms. The second kappa shape index (κ2) is 10.4. The standard InChI is InChI=1S/C18H20N4O3.C2H7N/c1-4-5-12-6-7-14(24-9-8-11(2)3)16-13(23)10-15(25-17(12)16)18-19-21-22-20-18;1-2-3/h4,6-7,10-11H,1,5,8-9H2,2-3H3,(H,19,20,21,22);2-3H2,1H3. The van der Waals surface area contributed by atoms with Crippen molar-refractivity contribution in [3.05, 3.63) is 46.6 Å². The molecule has 0 fully saturated rings. The number of nitrogens with two attached hydrogens (primary N) is 1. The van der Waals surface area contributed by atoms with Gasteiger partial charge in [-0.25, -0.2) is 0 Å². The predicted molar refractivity (Wildman–Crippen MR) is 109 cm³/mol. The van der Waals surface area contributed by atoms with E-state index in [-0.39, 0.29) is 17.0 Å². The molecule has 0 amide bonds. The number of tetrazole rings is 1. The second-order valence-electron chi connectivity index (χ2n) is 6.57. The highest BCUT2D eigenvalue weighted by Gasteiger charge is 2.17. The van der Waals surface area contributed by atoms with Gasteiger partial charge < -0.3 is 14.9 Å². The van der Waals surface area contributed by atoms with Gasteiger partial charge in [-0.15, -0.1) is 16.8 Å². The third-order valence-electron chi connectivity index (χ3n) is 3.80. The summed E-state index contributed by atoms with van der Waals surface area (Å²) in [6.07, 6.45) is 3.23. The topological polar surface area (TPSA) is 120 Å². The zero-order valence-corrected chi connectivity index (χ0v) is 16.6. The van der Waals surface area contributed by atoms with Gasteiger partial charge in [0.2, 0.25) is 5.82 Å². The first-order valence-corrected chi connectivity index (χ1v) is 9.29. The molecule has 0 aliphatic heterocycles. The van der Waals surface area contributed by atoms with Crippen LogP contribution in [-0.2, 0) is 6.42 Å². The molecule has 0 unspecified atom stereocenters. The maximum Gasteiger partial charge on any atom is 0.239 e. The highest BCUT2D eigenvalue weighted by molar-refractivity contribution is 5.87. The van der Waals surface area contributed by atoms with Crippen molar-refractivity contribution in [2.45, 2.75) is 33.6 Å². The number of ether oxygens (including phenoxy) is 1. The van der Waals surface area contributed by atoms with Crippen LogP contribution in [0.1, 0.15) is 32.8 Å². The first-order valence-electron chi connectivity index (χ1n) is 9.29. The van der Waals surface area contributed by atoms with Crippen molar-refractivity contribution in [2.24, 2.45) is 11.7 Å². The normalized spacial score (nSPS) is 10.6. The van der Waals surface area contributed by atoms with Gasteiger partial charge in [0.05, 0.1) is 6.61 Å². The largest absolute Gasteiger partial charge is 0.493 e. The Kier molecular flexibility index (Phi) is 7.88. The number of benzene rings is 1. The molecule has 2 aromatic heterocycles. The zero-order valence-electron chi connectivity index (χ0n) is 16.6. The molecule has 3 N–H and O–H groups in total. The fraction of sp³-hybridized carbons (Fsp3) is 0.400. The SMILES string of the molecule is C=CCc1ccc(OCCC(C)C)c2c(=O)cc(-c3nn[nH]n3)oc12.CCN. The zero-order chi connectivity index (χ0) is 20.5. The molecule has 2 heterocycles. The van der Waals surface area contributed by atoms with Crippen molar-refractivity contribution >= 4 is 11.0 Å². The second-order valence-corrected chi connectivity index (χ2v) is 6.57. The average Bonchev–Trinajstić information content (AvgIpc) is 3.18. The minimum atomic E-state index is -0.202. The van der Waals surface area contributed by atoms with Crippen LogP contribution in [0.3, 0.4) is 0 Å². The number of H-pyrrole nitrogens is 1. The minimum Gasteiger partial charge on any atom is -0.493 e. The fourth-order valence-corrected chi connectivity index (χ4v) is 2.51. The summed E-state index contributed by atoms with van der Waals surface area (Å²) in [6, 6.07) is 5.06. The number of allylic oxidation sites excluding steroid dienone is 1. The Labute approximate surface area is 163 Å². The van der Waals surface area contributed by atoms with E-state index in [9.17, 15) is 4.79 Å². The third kappa shape index (κ3) is 5.26. The van der Waals surface area contributed by atoms with Gasteiger partial charge in [-0.1, -0.05) is 32.9 Å². The lowest BCUT2D eigenvalue weighted by Gasteiger charge is -2.12. The van der Waals surface area contributed by atoms with Gasteiger partial charge >= 0.3 is 0 Å². The summed E-state index contributed by atoms with van der Waals surface area (Å²) in [5.74, 6) is 1.54. The lowest BCUT2D eigenvalue weighted by molar-refractivity contribution is 0.292.